The molecule has 0 fully saturated rings. The maximum absolute atomic E-state index is 12.1. The van der Waals surface area contributed by atoms with Crippen LogP contribution in [0.15, 0.2) is 34.9 Å². The highest BCUT2D eigenvalue weighted by Gasteiger charge is 2.20. The molecule has 0 unspecified atom stereocenters. The largest absolute Gasteiger partial charge is 0.359 e. The molecular weight excluding hydrogens is 302 g/mol. The Labute approximate surface area is 135 Å². The van der Waals surface area contributed by atoms with E-state index in [9.17, 15) is 4.79 Å². The summed E-state index contributed by atoms with van der Waals surface area (Å²) in [6, 6.07) is 8.88. The van der Waals surface area contributed by atoms with Gasteiger partial charge in [0.1, 0.15) is 5.76 Å². The molecule has 0 atom stereocenters. The van der Waals surface area contributed by atoms with Gasteiger partial charge in [0.05, 0.1) is 0 Å². The fourth-order valence-corrected chi connectivity index (χ4v) is 1.95. The van der Waals surface area contributed by atoms with Gasteiger partial charge < -0.3 is 9.42 Å². The highest BCUT2D eigenvalue weighted by Crippen LogP contribution is 2.24. The Morgan fingerprint density at radius 2 is 1.95 bits per heavy atom. The van der Waals surface area contributed by atoms with Gasteiger partial charge in [-0.15, -0.1) is 0 Å². The molecule has 1 aromatic heterocycles. The molecule has 0 spiro atoms. The number of aromatic nitrogens is 1. The van der Waals surface area contributed by atoms with Gasteiger partial charge in [-0.05, 0) is 17.7 Å². The predicted octanol–water partition coefficient (Wildman–Crippen LogP) is 4.29. The van der Waals surface area contributed by atoms with Gasteiger partial charge in [-0.25, -0.2) is 4.79 Å². The lowest BCUT2D eigenvalue weighted by atomic mass is 9.93. The summed E-state index contributed by atoms with van der Waals surface area (Å²) in [5.41, 5.74) is 0.850. The number of carbonyl (C=O) groups excluding carboxylic acids is 1. The van der Waals surface area contributed by atoms with Crippen molar-refractivity contribution in [2.75, 3.05) is 12.4 Å². The molecule has 0 aliphatic carbocycles. The molecule has 0 aliphatic heterocycles. The first-order chi connectivity index (χ1) is 10.3. The zero-order valence-electron chi connectivity index (χ0n) is 13.2. The van der Waals surface area contributed by atoms with Crippen LogP contribution in [-0.4, -0.2) is 23.1 Å². The fourth-order valence-electron chi connectivity index (χ4n) is 1.83. The normalized spacial score (nSPS) is 11.3. The van der Waals surface area contributed by atoms with E-state index in [2.05, 4.69) is 10.5 Å². The Morgan fingerprint density at radius 1 is 1.32 bits per heavy atom. The second-order valence-electron chi connectivity index (χ2n) is 6.24. The van der Waals surface area contributed by atoms with Crippen molar-refractivity contribution in [3.05, 3.63) is 46.7 Å². The minimum Gasteiger partial charge on any atom is -0.359 e. The van der Waals surface area contributed by atoms with E-state index in [4.69, 9.17) is 16.1 Å². The van der Waals surface area contributed by atoms with Gasteiger partial charge in [0.15, 0.2) is 5.82 Å². The van der Waals surface area contributed by atoms with Gasteiger partial charge in [-0.3, -0.25) is 5.32 Å². The van der Waals surface area contributed by atoms with E-state index < -0.39 is 0 Å². The van der Waals surface area contributed by atoms with Crippen molar-refractivity contribution in [1.29, 1.82) is 0 Å². The number of benzene rings is 1. The van der Waals surface area contributed by atoms with E-state index in [1.165, 1.54) is 0 Å². The van der Waals surface area contributed by atoms with E-state index in [0.29, 0.717) is 17.4 Å². The Kier molecular flexibility index (Phi) is 4.76. The average Bonchev–Trinajstić information content (AvgIpc) is 2.90. The Morgan fingerprint density at radius 3 is 2.50 bits per heavy atom. The number of nitrogens with one attached hydrogen (secondary N) is 1. The number of hydrogen-bond donors (Lipinski definition) is 1. The zero-order chi connectivity index (χ0) is 16.3. The Hall–Kier alpha value is -2.01. The first-order valence-electron chi connectivity index (χ1n) is 6.99. The summed E-state index contributed by atoms with van der Waals surface area (Å²) < 4.78 is 5.24. The molecule has 0 saturated carbocycles. The predicted molar refractivity (Wildman–Crippen MR) is 87.1 cm³/mol. The van der Waals surface area contributed by atoms with E-state index in [1.807, 2.05) is 32.9 Å². The third-order valence-electron chi connectivity index (χ3n) is 3.16. The van der Waals surface area contributed by atoms with E-state index >= 15 is 0 Å². The highest BCUT2D eigenvalue weighted by atomic mass is 35.5. The smallest absolute Gasteiger partial charge is 0.323 e. The first-order valence-corrected chi connectivity index (χ1v) is 7.37. The van der Waals surface area contributed by atoms with Crippen molar-refractivity contribution >= 4 is 23.4 Å². The van der Waals surface area contributed by atoms with Crippen LogP contribution in [0.4, 0.5) is 10.6 Å². The standard InChI is InChI=1S/C16H20ClN3O2/c1-16(2,3)13-9-14(19-22-13)18-15(21)20(4)10-11-5-7-12(17)8-6-11/h5-9H,10H2,1-4H3,(H,18,19,21). The van der Waals surface area contributed by atoms with Crippen LogP contribution in [-0.2, 0) is 12.0 Å². The number of halogens is 1. The highest BCUT2D eigenvalue weighted by molar-refractivity contribution is 6.30. The molecule has 0 aliphatic rings. The van der Waals surface area contributed by atoms with Crippen LogP contribution in [0.2, 0.25) is 5.02 Å². The number of anilines is 1. The molecule has 118 valence electrons. The van der Waals surface area contributed by atoms with Crippen molar-refractivity contribution in [3.8, 4) is 0 Å². The van der Waals surface area contributed by atoms with Gasteiger partial charge >= 0.3 is 6.03 Å². The monoisotopic (exact) mass is 321 g/mol. The van der Waals surface area contributed by atoms with Crippen LogP contribution in [0.25, 0.3) is 0 Å². The minimum atomic E-state index is -0.247. The number of nitrogens with zero attached hydrogens (tertiary/aromatic N) is 2. The Balaban J connectivity index is 1.96. The number of amides is 2. The van der Waals surface area contributed by atoms with Gasteiger partial charge in [0.2, 0.25) is 0 Å². The van der Waals surface area contributed by atoms with E-state index in [1.54, 1.807) is 30.1 Å². The summed E-state index contributed by atoms with van der Waals surface area (Å²) in [6.45, 7) is 6.54. The van der Waals surface area contributed by atoms with E-state index in [0.717, 1.165) is 11.3 Å². The van der Waals surface area contributed by atoms with Crippen molar-refractivity contribution in [1.82, 2.24) is 10.1 Å². The summed E-state index contributed by atoms with van der Waals surface area (Å²) in [4.78, 5) is 13.7. The average molecular weight is 322 g/mol. The lowest BCUT2D eigenvalue weighted by Gasteiger charge is -2.17. The summed E-state index contributed by atoms with van der Waals surface area (Å²) >= 11 is 5.85. The summed E-state index contributed by atoms with van der Waals surface area (Å²) in [6.07, 6.45) is 0. The lowest BCUT2D eigenvalue weighted by molar-refractivity contribution is 0.220. The Bertz CT molecular complexity index is 644. The summed E-state index contributed by atoms with van der Waals surface area (Å²) in [7, 11) is 1.72. The number of carbonyl (C=O) groups is 1. The van der Waals surface area contributed by atoms with Crippen molar-refractivity contribution in [3.63, 3.8) is 0 Å². The first kappa shape index (κ1) is 16.4. The summed E-state index contributed by atoms with van der Waals surface area (Å²) in [5.74, 6) is 1.14. The molecular formula is C16H20ClN3O2. The number of hydrogen-bond acceptors (Lipinski definition) is 3. The number of rotatable bonds is 3. The molecule has 1 aromatic carbocycles. The van der Waals surface area contributed by atoms with Gasteiger partial charge in [0, 0.05) is 30.1 Å². The third kappa shape index (κ3) is 4.24. The van der Waals surface area contributed by atoms with Crippen LogP contribution in [0.3, 0.4) is 0 Å². The maximum atomic E-state index is 12.1. The van der Waals surface area contributed by atoms with Crippen molar-refractivity contribution in [2.45, 2.75) is 32.7 Å². The molecule has 2 aromatic rings. The molecule has 1 heterocycles. The van der Waals surface area contributed by atoms with Crippen LogP contribution in [0, 0.1) is 0 Å². The van der Waals surface area contributed by atoms with Crippen molar-refractivity contribution in [2.24, 2.45) is 0 Å². The molecule has 0 saturated heterocycles. The second kappa shape index (κ2) is 6.40. The van der Waals surface area contributed by atoms with Crippen LogP contribution < -0.4 is 5.32 Å². The van der Waals surface area contributed by atoms with Gasteiger partial charge in [-0.1, -0.05) is 49.7 Å². The van der Waals surface area contributed by atoms with E-state index in [-0.39, 0.29) is 11.4 Å². The molecule has 6 heteroatoms. The van der Waals surface area contributed by atoms with Gasteiger partial charge in [-0.2, -0.15) is 0 Å². The van der Waals surface area contributed by atoms with Crippen LogP contribution in [0.5, 0.6) is 0 Å². The SMILES string of the molecule is CN(Cc1ccc(Cl)cc1)C(=O)Nc1cc(C(C)(C)C)on1. The van der Waals surface area contributed by atoms with Gasteiger partial charge in [0.25, 0.3) is 0 Å². The second-order valence-corrected chi connectivity index (χ2v) is 6.68. The fraction of sp³-hybridized carbons (Fsp3) is 0.375. The van der Waals surface area contributed by atoms with Crippen molar-refractivity contribution < 1.29 is 9.32 Å². The van der Waals surface area contributed by atoms with Crippen LogP contribution >= 0.6 is 11.6 Å². The molecule has 22 heavy (non-hydrogen) atoms. The summed E-state index contributed by atoms with van der Waals surface area (Å²) in [5, 5.41) is 7.27. The molecule has 1 N–H and O–H groups in total. The molecule has 0 bridgehead atoms. The molecule has 5 nitrogen and oxygen atoms in total. The topological polar surface area (TPSA) is 58.4 Å². The quantitative estimate of drug-likeness (QED) is 0.917. The van der Waals surface area contributed by atoms with Crippen LogP contribution in [0.1, 0.15) is 32.1 Å². The molecule has 2 rings (SSSR count). The molecule has 2 amide bonds. The number of urea groups is 1. The lowest BCUT2D eigenvalue weighted by Crippen LogP contribution is -2.30. The maximum Gasteiger partial charge on any atom is 0.323 e. The minimum absolute atomic E-state index is 0.148. The zero-order valence-corrected chi connectivity index (χ0v) is 13.9. The third-order valence-corrected chi connectivity index (χ3v) is 3.42. The molecule has 0 radical (unpaired) electrons.